The average molecular weight is 431 g/mol. The number of ether oxygens (including phenoxy) is 3. The molecular formula is C21H19ClN2O6. The van der Waals surface area contributed by atoms with E-state index in [4.69, 9.17) is 25.8 Å². The lowest BCUT2D eigenvalue weighted by Gasteiger charge is -2.26. The number of esters is 2. The number of hydrogen-bond acceptors (Lipinski definition) is 8. The molecule has 1 unspecified atom stereocenters. The highest BCUT2D eigenvalue weighted by Crippen LogP contribution is 2.51. The summed E-state index contributed by atoms with van der Waals surface area (Å²) in [6.07, 6.45) is 0. The van der Waals surface area contributed by atoms with Crippen LogP contribution in [0.2, 0.25) is 5.02 Å². The van der Waals surface area contributed by atoms with Crippen molar-refractivity contribution in [1.29, 1.82) is 5.26 Å². The highest BCUT2D eigenvalue weighted by Gasteiger charge is 2.63. The monoisotopic (exact) mass is 430 g/mol. The largest absolute Gasteiger partial charge is 0.468 e. The van der Waals surface area contributed by atoms with Gasteiger partial charge in [0.05, 0.1) is 31.1 Å². The van der Waals surface area contributed by atoms with E-state index in [0.717, 1.165) is 14.2 Å². The molecule has 1 aromatic rings. The van der Waals surface area contributed by atoms with Gasteiger partial charge in [-0.05, 0) is 39.0 Å². The zero-order chi connectivity index (χ0) is 22.4. The number of nitrogens with zero attached hydrogens (tertiary/aromatic N) is 1. The fraction of sp³-hybridized carbons (Fsp3) is 0.333. The van der Waals surface area contributed by atoms with E-state index in [0.29, 0.717) is 0 Å². The molecule has 1 spiro atoms. The summed E-state index contributed by atoms with van der Waals surface area (Å²) in [4.78, 5) is 39.1. The minimum absolute atomic E-state index is 0.0236. The maximum absolute atomic E-state index is 13.5. The summed E-state index contributed by atoms with van der Waals surface area (Å²) < 4.78 is 15.7. The zero-order valence-corrected chi connectivity index (χ0v) is 17.8. The van der Waals surface area contributed by atoms with Crippen molar-refractivity contribution in [2.45, 2.75) is 31.9 Å². The number of nitriles is 1. The van der Waals surface area contributed by atoms with E-state index in [1.165, 1.54) is 18.2 Å². The fourth-order valence-electron chi connectivity index (χ4n) is 3.51. The third-order valence-electron chi connectivity index (χ3n) is 4.61. The van der Waals surface area contributed by atoms with Crippen LogP contribution in [0.5, 0.6) is 5.75 Å². The lowest BCUT2D eigenvalue weighted by atomic mass is 9.84. The van der Waals surface area contributed by atoms with Crippen molar-refractivity contribution in [1.82, 2.24) is 5.32 Å². The SMILES string of the molecule is COC(=O)C1=C(C(=O)OC)C2(Oc3ccc(Cl)cc3C2=O)C(C#N)=C1NC(C)(C)C. The minimum Gasteiger partial charge on any atom is -0.468 e. The number of Topliss-reactive ketones (excluding diaryl/α,β-unsaturated/α-hetero) is 1. The molecule has 1 heterocycles. The Hall–Kier alpha value is -3.31. The number of halogens is 1. The first-order valence-electron chi connectivity index (χ1n) is 8.90. The molecule has 0 amide bonds. The van der Waals surface area contributed by atoms with Gasteiger partial charge in [-0.2, -0.15) is 5.26 Å². The Labute approximate surface area is 178 Å². The number of rotatable bonds is 3. The number of methoxy groups -OCH3 is 2. The second kappa shape index (κ2) is 7.18. The summed E-state index contributed by atoms with van der Waals surface area (Å²) in [5.74, 6) is -2.50. The van der Waals surface area contributed by atoms with Crippen molar-refractivity contribution in [3.8, 4) is 11.8 Å². The lowest BCUT2D eigenvalue weighted by molar-refractivity contribution is -0.140. The number of fused-ring (bicyclic) bond motifs is 1. The van der Waals surface area contributed by atoms with E-state index >= 15 is 0 Å². The smallest absolute Gasteiger partial charge is 0.340 e. The molecule has 8 nitrogen and oxygen atoms in total. The third kappa shape index (κ3) is 3.02. The molecule has 0 radical (unpaired) electrons. The molecule has 3 rings (SSSR count). The van der Waals surface area contributed by atoms with Crippen LogP contribution in [0.4, 0.5) is 0 Å². The van der Waals surface area contributed by atoms with Gasteiger partial charge in [0.15, 0.2) is 0 Å². The lowest BCUT2D eigenvalue weighted by Crippen LogP contribution is -2.46. The summed E-state index contributed by atoms with van der Waals surface area (Å²) in [5, 5.41) is 13.3. The van der Waals surface area contributed by atoms with Gasteiger partial charge in [0.25, 0.3) is 0 Å². The zero-order valence-electron chi connectivity index (χ0n) is 17.0. The summed E-state index contributed by atoms with van der Waals surface area (Å²) in [5.41, 5.74) is -3.72. The first-order valence-corrected chi connectivity index (χ1v) is 9.27. The van der Waals surface area contributed by atoms with Crippen molar-refractivity contribution >= 4 is 29.3 Å². The van der Waals surface area contributed by atoms with Crippen LogP contribution in [0.15, 0.2) is 40.6 Å². The Kier molecular flexibility index (Phi) is 5.12. The highest BCUT2D eigenvalue weighted by atomic mass is 35.5. The van der Waals surface area contributed by atoms with E-state index in [1.807, 2.05) is 6.07 Å². The van der Waals surface area contributed by atoms with Gasteiger partial charge in [-0.15, -0.1) is 0 Å². The van der Waals surface area contributed by atoms with Crippen LogP contribution >= 0.6 is 11.6 Å². The molecule has 0 saturated carbocycles. The molecule has 0 saturated heterocycles. The molecular weight excluding hydrogens is 412 g/mol. The Morgan fingerprint density at radius 2 is 1.83 bits per heavy atom. The van der Waals surface area contributed by atoms with Gasteiger partial charge in [-0.3, -0.25) is 4.79 Å². The van der Waals surface area contributed by atoms with E-state index in [2.05, 4.69) is 5.32 Å². The minimum atomic E-state index is -2.19. The van der Waals surface area contributed by atoms with Crippen molar-refractivity contribution in [2.24, 2.45) is 0 Å². The normalized spacial score (nSPS) is 20.1. The predicted molar refractivity (Wildman–Crippen MR) is 106 cm³/mol. The van der Waals surface area contributed by atoms with Gasteiger partial charge >= 0.3 is 11.9 Å². The second-order valence-corrected chi connectivity index (χ2v) is 8.16. The maximum atomic E-state index is 13.5. The number of benzene rings is 1. The Morgan fingerprint density at radius 1 is 1.20 bits per heavy atom. The molecule has 30 heavy (non-hydrogen) atoms. The second-order valence-electron chi connectivity index (χ2n) is 7.72. The van der Waals surface area contributed by atoms with Crippen LogP contribution in [0.3, 0.4) is 0 Å². The Bertz CT molecular complexity index is 1090. The maximum Gasteiger partial charge on any atom is 0.340 e. The van der Waals surface area contributed by atoms with Gasteiger partial charge in [0.1, 0.15) is 23.0 Å². The quantitative estimate of drug-likeness (QED) is 0.727. The molecule has 0 bridgehead atoms. The average Bonchev–Trinajstić information content (AvgIpc) is 3.11. The molecule has 0 aromatic heterocycles. The Morgan fingerprint density at radius 3 is 2.37 bits per heavy atom. The summed E-state index contributed by atoms with van der Waals surface area (Å²) in [6.45, 7) is 5.37. The molecule has 1 aliphatic carbocycles. The van der Waals surface area contributed by atoms with Crippen LogP contribution in [0, 0.1) is 11.3 Å². The highest BCUT2D eigenvalue weighted by molar-refractivity contribution is 6.31. The number of hydrogen-bond donors (Lipinski definition) is 1. The number of ketones is 1. The van der Waals surface area contributed by atoms with Crippen LogP contribution in [0.1, 0.15) is 31.1 Å². The molecule has 2 aliphatic rings. The fourth-order valence-corrected chi connectivity index (χ4v) is 3.69. The van der Waals surface area contributed by atoms with Crippen molar-refractivity contribution < 1.29 is 28.6 Å². The van der Waals surface area contributed by atoms with Crippen LogP contribution in [-0.4, -0.2) is 43.1 Å². The number of carbonyl (C=O) groups is 3. The number of nitrogens with one attached hydrogen (secondary N) is 1. The van der Waals surface area contributed by atoms with E-state index in [1.54, 1.807) is 20.8 Å². The predicted octanol–water partition coefficient (Wildman–Crippen LogP) is 2.48. The van der Waals surface area contributed by atoms with E-state index in [-0.39, 0.29) is 33.2 Å². The van der Waals surface area contributed by atoms with Crippen LogP contribution in [0.25, 0.3) is 0 Å². The van der Waals surface area contributed by atoms with Crippen molar-refractivity contribution in [3.63, 3.8) is 0 Å². The van der Waals surface area contributed by atoms with Gasteiger partial charge in [-0.25, -0.2) is 9.59 Å². The van der Waals surface area contributed by atoms with E-state index in [9.17, 15) is 19.6 Å². The first kappa shape index (κ1) is 21.4. The first-order chi connectivity index (χ1) is 14.0. The van der Waals surface area contributed by atoms with Gasteiger partial charge < -0.3 is 19.5 Å². The van der Waals surface area contributed by atoms with Crippen molar-refractivity contribution in [3.05, 3.63) is 51.2 Å². The number of carbonyl (C=O) groups excluding carboxylic acids is 3. The summed E-state index contributed by atoms with van der Waals surface area (Å²) in [6, 6.07) is 6.30. The van der Waals surface area contributed by atoms with E-state index < -0.39 is 34.4 Å². The summed E-state index contributed by atoms with van der Waals surface area (Å²) in [7, 11) is 2.23. The molecule has 1 aromatic carbocycles. The molecule has 156 valence electrons. The third-order valence-corrected chi connectivity index (χ3v) is 4.85. The van der Waals surface area contributed by atoms with Crippen LogP contribution in [-0.2, 0) is 19.1 Å². The van der Waals surface area contributed by atoms with Gasteiger partial charge in [0, 0.05) is 10.6 Å². The topological polar surface area (TPSA) is 115 Å². The molecule has 1 aliphatic heterocycles. The molecule has 1 atom stereocenters. The van der Waals surface area contributed by atoms with Gasteiger partial charge in [-0.1, -0.05) is 11.6 Å². The Balaban J connectivity index is 2.42. The standard InChI is InChI=1S/C21H19ClN2O6/c1-20(2,3)24-16-12(9-23)21(15(19(27)29-5)14(16)18(26)28-4)17(25)11-8-10(22)6-7-13(11)30-21/h6-8,24H,1-5H3. The summed E-state index contributed by atoms with van der Waals surface area (Å²) >= 11 is 6.02. The van der Waals surface area contributed by atoms with Crippen molar-refractivity contribution in [2.75, 3.05) is 14.2 Å². The van der Waals surface area contributed by atoms with Crippen LogP contribution < -0.4 is 10.1 Å². The van der Waals surface area contributed by atoms with Gasteiger partial charge in [0.2, 0.25) is 11.4 Å². The molecule has 1 N–H and O–H groups in total. The molecule has 9 heteroatoms. The molecule has 0 fully saturated rings.